The number of pyridine rings is 3. The molecule has 0 aromatic carbocycles. The van der Waals surface area contributed by atoms with Crippen molar-refractivity contribution in [1.82, 2.24) is 15.0 Å². The second-order valence-corrected chi connectivity index (χ2v) is 4.76. The molecule has 0 atom stereocenters. The molecule has 0 saturated heterocycles. The molecule has 0 bridgehead atoms. The third-order valence-electron chi connectivity index (χ3n) is 2.63. The van der Waals surface area contributed by atoms with E-state index in [4.69, 9.17) is 0 Å². The molecule has 0 spiro atoms. The molecule has 0 aliphatic carbocycles. The third-order valence-corrected chi connectivity index (χ3v) is 2.63. The summed E-state index contributed by atoms with van der Waals surface area (Å²) in [7, 11) is 0. The second-order valence-electron chi connectivity index (χ2n) is 4.76. The van der Waals surface area contributed by atoms with Crippen LogP contribution in [0.5, 0.6) is 0 Å². The summed E-state index contributed by atoms with van der Waals surface area (Å²) in [6.07, 6.45) is 4.80. The van der Waals surface area contributed by atoms with Crippen LogP contribution in [-0.2, 0) is 0 Å². The normalized spacial score (nSPS) is 9.26. The van der Waals surface area contributed by atoms with Gasteiger partial charge in [-0.2, -0.15) is 0 Å². The topological polar surface area (TPSA) is 50.7 Å². The maximum absolute atomic E-state index is 4.51. The van der Waals surface area contributed by atoms with Gasteiger partial charge in [-0.1, -0.05) is 34.1 Å². The van der Waals surface area contributed by atoms with E-state index in [9.17, 15) is 0 Å². The number of fused-ring (bicyclic) bond motifs is 1. The van der Waals surface area contributed by atoms with Crippen molar-refractivity contribution in [3.63, 3.8) is 0 Å². The highest BCUT2D eigenvalue weighted by molar-refractivity contribution is 5.76. The highest BCUT2D eigenvalue weighted by Crippen LogP contribution is 2.17. The van der Waals surface area contributed by atoms with Crippen molar-refractivity contribution in [3.8, 4) is 0 Å². The Balaban J connectivity index is 0.000000799. The number of rotatable bonds is 2. The Morgan fingerprint density at radius 2 is 1.70 bits per heavy atom. The van der Waals surface area contributed by atoms with Crippen molar-refractivity contribution in [2.75, 3.05) is 5.32 Å². The van der Waals surface area contributed by atoms with E-state index in [0.717, 1.165) is 28.2 Å². The summed E-state index contributed by atoms with van der Waals surface area (Å²) >= 11 is 0. The van der Waals surface area contributed by atoms with E-state index in [1.807, 2.05) is 57.2 Å². The first-order valence-electron chi connectivity index (χ1n) is 8.14. The first-order chi connectivity index (χ1) is 11.2. The van der Waals surface area contributed by atoms with Crippen molar-refractivity contribution in [2.24, 2.45) is 0 Å². The van der Waals surface area contributed by atoms with E-state index >= 15 is 0 Å². The van der Waals surface area contributed by atoms with Crippen molar-refractivity contribution in [1.29, 1.82) is 0 Å². The van der Waals surface area contributed by atoms with Crippen molar-refractivity contribution < 1.29 is 1.43 Å². The average Bonchev–Trinajstić information content (AvgIpc) is 2.57. The molecule has 0 aliphatic heterocycles. The lowest BCUT2D eigenvalue weighted by Gasteiger charge is -2.06. The first-order valence-corrected chi connectivity index (χ1v) is 8.14. The lowest BCUT2D eigenvalue weighted by atomic mass is 10.3. The molecule has 124 valence electrons. The summed E-state index contributed by atoms with van der Waals surface area (Å²) in [5.74, 6) is 0.807. The van der Waals surface area contributed by atoms with Crippen molar-refractivity contribution in [2.45, 2.75) is 41.0 Å². The smallest absolute Gasteiger partial charge is 0.131 e. The standard InChI is InChI=1S/C14H12N4.C3H8.C2H6.H2/c1-10-9-11(6-8-15-10)17-14-5-4-12-13(18-14)3-2-7-16-12;1-3-2;1-2;/h2-9H,1H3,(H,15,17,18);3H2,1-2H3;1-2H3;1H. The SMILES string of the molecule is CC.CCC.Cc1cc(Nc2ccc3ncccc3n2)ccn1.[HH]. The zero-order valence-corrected chi connectivity index (χ0v) is 14.7. The molecule has 0 unspecified atom stereocenters. The van der Waals surface area contributed by atoms with E-state index < -0.39 is 0 Å². The summed E-state index contributed by atoms with van der Waals surface area (Å²) in [6, 6.07) is 11.6. The van der Waals surface area contributed by atoms with Crippen LogP contribution < -0.4 is 5.32 Å². The summed E-state index contributed by atoms with van der Waals surface area (Å²) < 4.78 is 0. The Hall–Kier alpha value is -2.49. The van der Waals surface area contributed by atoms with Crippen LogP contribution in [0.4, 0.5) is 11.5 Å². The summed E-state index contributed by atoms with van der Waals surface area (Å²) in [5, 5.41) is 3.26. The minimum Gasteiger partial charge on any atom is -0.340 e. The number of aryl methyl sites for hydroxylation is 1. The Bertz CT molecular complexity index is 716. The number of nitrogens with one attached hydrogen (secondary N) is 1. The molecule has 4 nitrogen and oxygen atoms in total. The maximum Gasteiger partial charge on any atom is 0.131 e. The van der Waals surface area contributed by atoms with E-state index in [-0.39, 0.29) is 1.43 Å². The number of nitrogens with zero attached hydrogens (tertiary/aromatic N) is 3. The predicted molar refractivity (Wildman–Crippen MR) is 101 cm³/mol. The fraction of sp³-hybridized carbons (Fsp3) is 0.316. The zero-order valence-electron chi connectivity index (χ0n) is 14.7. The van der Waals surface area contributed by atoms with Gasteiger partial charge in [-0.3, -0.25) is 9.97 Å². The van der Waals surface area contributed by atoms with Crippen molar-refractivity contribution >= 4 is 22.5 Å². The van der Waals surface area contributed by atoms with Crippen LogP contribution in [0, 0.1) is 6.92 Å². The maximum atomic E-state index is 4.51. The van der Waals surface area contributed by atoms with E-state index in [1.54, 1.807) is 12.4 Å². The van der Waals surface area contributed by atoms with E-state index in [1.165, 1.54) is 6.42 Å². The molecule has 0 fully saturated rings. The molecule has 0 amide bonds. The van der Waals surface area contributed by atoms with Gasteiger partial charge in [0.05, 0.1) is 11.0 Å². The molecule has 3 heterocycles. The average molecular weight is 312 g/mol. The molecular formula is C19H28N4. The van der Waals surface area contributed by atoms with Crippen LogP contribution in [-0.4, -0.2) is 15.0 Å². The number of aromatic nitrogens is 3. The van der Waals surface area contributed by atoms with E-state index in [2.05, 4.69) is 34.1 Å². The van der Waals surface area contributed by atoms with Crippen LogP contribution >= 0.6 is 0 Å². The van der Waals surface area contributed by atoms with Crippen LogP contribution in [0.25, 0.3) is 11.0 Å². The largest absolute Gasteiger partial charge is 0.340 e. The zero-order chi connectivity index (χ0) is 17.1. The molecule has 1 N–H and O–H groups in total. The van der Waals surface area contributed by atoms with Gasteiger partial charge in [0, 0.05) is 25.2 Å². The summed E-state index contributed by atoms with van der Waals surface area (Å²) in [5.41, 5.74) is 3.74. The van der Waals surface area contributed by atoms with Gasteiger partial charge in [0.25, 0.3) is 0 Å². The molecular weight excluding hydrogens is 284 g/mol. The fourth-order valence-electron chi connectivity index (χ4n) is 1.80. The van der Waals surface area contributed by atoms with Gasteiger partial charge >= 0.3 is 0 Å². The van der Waals surface area contributed by atoms with E-state index in [0.29, 0.717) is 0 Å². The van der Waals surface area contributed by atoms with Crippen molar-refractivity contribution in [3.05, 3.63) is 54.5 Å². The molecule has 0 aliphatic rings. The molecule has 0 radical (unpaired) electrons. The highest BCUT2D eigenvalue weighted by atomic mass is 15.0. The van der Waals surface area contributed by atoms with Crippen LogP contribution in [0.2, 0.25) is 0 Å². The summed E-state index contributed by atoms with van der Waals surface area (Å²) in [6.45, 7) is 10.2. The molecule has 3 aromatic rings. The minimum atomic E-state index is 0. The quantitative estimate of drug-likeness (QED) is 0.653. The Morgan fingerprint density at radius 1 is 0.957 bits per heavy atom. The van der Waals surface area contributed by atoms with Crippen LogP contribution in [0.15, 0.2) is 48.8 Å². The number of hydrogen-bond acceptors (Lipinski definition) is 4. The van der Waals surface area contributed by atoms with Gasteiger partial charge in [0.1, 0.15) is 5.82 Å². The predicted octanol–water partition coefficient (Wildman–Crippen LogP) is 5.77. The molecule has 23 heavy (non-hydrogen) atoms. The summed E-state index contributed by atoms with van der Waals surface area (Å²) in [4.78, 5) is 12.9. The molecule has 3 aromatic heterocycles. The monoisotopic (exact) mass is 312 g/mol. The number of hydrogen-bond donors (Lipinski definition) is 1. The Kier molecular flexibility index (Phi) is 8.29. The van der Waals surface area contributed by atoms with Gasteiger partial charge in [-0.15, -0.1) is 0 Å². The highest BCUT2D eigenvalue weighted by Gasteiger charge is 1.99. The second kappa shape index (κ2) is 10.3. The third kappa shape index (κ3) is 6.02. The van der Waals surface area contributed by atoms with Gasteiger partial charge in [0.2, 0.25) is 0 Å². The molecule has 0 saturated carbocycles. The van der Waals surface area contributed by atoms with Crippen LogP contribution in [0.3, 0.4) is 0 Å². The molecule has 4 heteroatoms. The first kappa shape index (κ1) is 18.6. The number of anilines is 2. The Labute approximate surface area is 140 Å². The van der Waals surface area contributed by atoms with Crippen LogP contribution in [0.1, 0.15) is 41.2 Å². The lowest BCUT2D eigenvalue weighted by molar-refractivity contribution is 1.09. The van der Waals surface area contributed by atoms with Gasteiger partial charge in [0.15, 0.2) is 0 Å². The Morgan fingerprint density at radius 3 is 2.39 bits per heavy atom. The molecule has 3 rings (SSSR count). The van der Waals surface area contributed by atoms with Gasteiger partial charge in [-0.25, -0.2) is 4.98 Å². The van der Waals surface area contributed by atoms with Gasteiger partial charge < -0.3 is 5.32 Å². The minimum absolute atomic E-state index is 0. The fourth-order valence-corrected chi connectivity index (χ4v) is 1.80. The lowest BCUT2D eigenvalue weighted by Crippen LogP contribution is -1.95. The van der Waals surface area contributed by atoms with Gasteiger partial charge in [-0.05, 0) is 43.3 Å².